The zero-order chi connectivity index (χ0) is 18.4. The summed E-state index contributed by atoms with van der Waals surface area (Å²) in [5.74, 6) is 0.882. The molecule has 0 fully saturated rings. The Morgan fingerprint density at radius 1 is 1.40 bits per heavy atom. The molecule has 1 aromatic heterocycles. The Hall–Kier alpha value is -2.32. The standard InChI is InChI=1S/C17H24N4O4/c1-4-6-14(22)10-18-15(11(2)3)17-19-16(20-25-17)12-7-5-8-13(9-12)21(23)24/h5,7-9,11,14-15,18,22H,4,6,10H2,1-3H3/t14-,15+/m1/s1. The number of rotatable bonds is 9. The number of aromatic nitrogens is 2. The lowest BCUT2D eigenvalue weighted by Gasteiger charge is -2.20. The lowest BCUT2D eigenvalue weighted by molar-refractivity contribution is -0.384. The molecule has 2 rings (SSSR count). The first-order chi connectivity index (χ1) is 11.9. The van der Waals surface area contributed by atoms with Crippen molar-refractivity contribution < 1.29 is 14.6 Å². The summed E-state index contributed by atoms with van der Waals surface area (Å²) in [6, 6.07) is 5.91. The Bertz CT molecular complexity index is 701. The van der Waals surface area contributed by atoms with Crippen molar-refractivity contribution in [1.82, 2.24) is 15.5 Å². The van der Waals surface area contributed by atoms with Crippen LogP contribution in [0.1, 0.15) is 45.5 Å². The molecule has 0 aliphatic rings. The quantitative estimate of drug-likeness (QED) is 0.528. The van der Waals surface area contributed by atoms with Crippen molar-refractivity contribution in [3.63, 3.8) is 0 Å². The fourth-order valence-corrected chi connectivity index (χ4v) is 2.54. The summed E-state index contributed by atoms with van der Waals surface area (Å²) in [4.78, 5) is 14.8. The van der Waals surface area contributed by atoms with E-state index in [0.717, 1.165) is 12.8 Å². The van der Waals surface area contributed by atoms with Gasteiger partial charge in [0.05, 0.1) is 17.1 Å². The second-order valence-electron chi connectivity index (χ2n) is 6.34. The van der Waals surface area contributed by atoms with Crippen LogP contribution in [-0.2, 0) is 0 Å². The second-order valence-corrected chi connectivity index (χ2v) is 6.34. The van der Waals surface area contributed by atoms with Crippen LogP contribution in [0.4, 0.5) is 5.69 Å². The lowest BCUT2D eigenvalue weighted by Crippen LogP contribution is -2.33. The average Bonchev–Trinajstić information content (AvgIpc) is 3.05. The predicted octanol–water partition coefficient (Wildman–Crippen LogP) is 3.09. The van der Waals surface area contributed by atoms with Crippen molar-refractivity contribution in [2.24, 2.45) is 5.92 Å². The number of non-ortho nitro benzene ring substituents is 1. The first kappa shape index (κ1) is 19.0. The first-order valence-electron chi connectivity index (χ1n) is 8.42. The predicted molar refractivity (Wildman–Crippen MR) is 92.9 cm³/mol. The Morgan fingerprint density at radius 3 is 2.80 bits per heavy atom. The number of benzene rings is 1. The Morgan fingerprint density at radius 2 is 2.16 bits per heavy atom. The van der Waals surface area contributed by atoms with Gasteiger partial charge in [0, 0.05) is 24.2 Å². The van der Waals surface area contributed by atoms with Crippen LogP contribution in [0.2, 0.25) is 0 Å². The number of nitro groups is 1. The first-order valence-corrected chi connectivity index (χ1v) is 8.42. The van der Waals surface area contributed by atoms with Crippen LogP contribution in [0, 0.1) is 16.0 Å². The SMILES string of the molecule is CCC[C@@H](O)CN[C@H](c1nc(-c2cccc([N+](=O)[O-])c2)no1)C(C)C. The maximum absolute atomic E-state index is 10.9. The number of aliphatic hydroxyl groups excluding tert-OH is 1. The van der Waals surface area contributed by atoms with Gasteiger partial charge in [-0.25, -0.2) is 0 Å². The minimum absolute atomic E-state index is 0.0231. The molecule has 2 atom stereocenters. The molecule has 0 unspecified atom stereocenters. The number of nitrogens with zero attached hydrogens (tertiary/aromatic N) is 3. The minimum atomic E-state index is -0.460. The van der Waals surface area contributed by atoms with Crippen LogP contribution in [-0.4, -0.2) is 32.8 Å². The van der Waals surface area contributed by atoms with Crippen molar-refractivity contribution >= 4 is 5.69 Å². The van der Waals surface area contributed by atoms with Crippen LogP contribution in [0.3, 0.4) is 0 Å². The Balaban J connectivity index is 2.16. The van der Waals surface area contributed by atoms with E-state index in [1.54, 1.807) is 12.1 Å². The lowest BCUT2D eigenvalue weighted by atomic mass is 10.0. The summed E-state index contributed by atoms with van der Waals surface area (Å²) < 4.78 is 5.36. The molecular weight excluding hydrogens is 324 g/mol. The van der Waals surface area contributed by atoms with Crippen LogP contribution in [0.15, 0.2) is 28.8 Å². The highest BCUT2D eigenvalue weighted by Crippen LogP contribution is 2.25. The van der Waals surface area contributed by atoms with Crippen molar-refractivity contribution in [2.45, 2.75) is 45.8 Å². The second kappa shape index (κ2) is 8.68. The van der Waals surface area contributed by atoms with Crippen LogP contribution in [0.5, 0.6) is 0 Å². The largest absolute Gasteiger partial charge is 0.392 e. The van der Waals surface area contributed by atoms with E-state index in [2.05, 4.69) is 15.5 Å². The maximum atomic E-state index is 10.9. The number of nitrogens with one attached hydrogen (secondary N) is 1. The van der Waals surface area contributed by atoms with Crippen LogP contribution < -0.4 is 5.32 Å². The van der Waals surface area contributed by atoms with Crippen molar-refractivity contribution in [3.8, 4) is 11.4 Å². The van der Waals surface area contributed by atoms with Crippen LogP contribution in [0.25, 0.3) is 11.4 Å². The maximum Gasteiger partial charge on any atom is 0.270 e. The molecule has 0 spiro atoms. The zero-order valence-electron chi connectivity index (χ0n) is 14.7. The van der Waals surface area contributed by atoms with E-state index in [4.69, 9.17) is 4.52 Å². The summed E-state index contributed by atoms with van der Waals surface area (Å²) in [7, 11) is 0. The van der Waals surface area contributed by atoms with Gasteiger partial charge >= 0.3 is 0 Å². The number of aliphatic hydroxyl groups is 1. The van der Waals surface area contributed by atoms with Crippen molar-refractivity contribution in [1.29, 1.82) is 0 Å². The molecular formula is C17H24N4O4. The third-order valence-corrected chi connectivity index (χ3v) is 3.88. The van der Waals surface area contributed by atoms with Gasteiger partial charge in [-0.1, -0.05) is 44.5 Å². The van der Waals surface area contributed by atoms with E-state index >= 15 is 0 Å². The van der Waals surface area contributed by atoms with Gasteiger partial charge in [0.25, 0.3) is 5.69 Å². The molecule has 0 aliphatic carbocycles. The highest BCUT2D eigenvalue weighted by Gasteiger charge is 2.23. The number of hydrogen-bond donors (Lipinski definition) is 2. The monoisotopic (exact) mass is 348 g/mol. The molecule has 2 N–H and O–H groups in total. The van der Waals surface area contributed by atoms with E-state index in [1.165, 1.54) is 12.1 Å². The summed E-state index contributed by atoms with van der Waals surface area (Å²) in [6.07, 6.45) is 1.21. The molecule has 136 valence electrons. The smallest absolute Gasteiger partial charge is 0.270 e. The Kier molecular flexibility index (Phi) is 6.60. The van der Waals surface area contributed by atoms with Gasteiger partial charge < -0.3 is 14.9 Å². The molecule has 8 nitrogen and oxygen atoms in total. The molecule has 1 heterocycles. The zero-order valence-corrected chi connectivity index (χ0v) is 14.7. The number of hydrogen-bond acceptors (Lipinski definition) is 7. The summed E-state index contributed by atoms with van der Waals surface area (Å²) >= 11 is 0. The van der Waals surface area contributed by atoms with E-state index in [9.17, 15) is 15.2 Å². The van der Waals surface area contributed by atoms with Gasteiger partial charge in [0.2, 0.25) is 11.7 Å². The normalized spacial score (nSPS) is 13.8. The van der Waals surface area contributed by atoms with E-state index < -0.39 is 11.0 Å². The van der Waals surface area contributed by atoms with Crippen molar-refractivity contribution in [2.75, 3.05) is 6.54 Å². The molecule has 2 aromatic rings. The number of nitro benzene ring substituents is 1. The highest BCUT2D eigenvalue weighted by molar-refractivity contribution is 5.58. The molecule has 25 heavy (non-hydrogen) atoms. The van der Waals surface area contributed by atoms with Crippen molar-refractivity contribution in [3.05, 3.63) is 40.3 Å². The van der Waals surface area contributed by atoms with E-state index in [0.29, 0.717) is 23.8 Å². The van der Waals surface area contributed by atoms with Gasteiger partial charge in [-0.3, -0.25) is 10.1 Å². The average molecular weight is 348 g/mol. The molecule has 1 aromatic carbocycles. The third-order valence-electron chi connectivity index (χ3n) is 3.88. The third kappa shape index (κ3) is 5.07. The van der Waals surface area contributed by atoms with Gasteiger partial charge in [0.15, 0.2) is 0 Å². The Labute approximate surface area is 146 Å². The summed E-state index contributed by atoms with van der Waals surface area (Å²) in [5.41, 5.74) is 0.503. The molecule has 0 saturated heterocycles. The van der Waals surface area contributed by atoms with Gasteiger partial charge in [-0.15, -0.1) is 0 Å². The topological polar surface area (TPSA) is 114 Å². The minimum Gasteiger partial charge on any atom is -0.392 e. The van der Waals surface area contributed by atoms with Gasteiger partial charge in [-0.05, 0) is 12.3 Å². The van der Waals surface area contributed by atoms with E-state index in [-0.39, 0.29) is 17.6 Å². The fourth-order valence-electron chi connectivity index (χ4n) is 2.54. The molecule has 8 heteroatoms. The van der Waals surface area contributed by atoms with E-state index in [1.807, 2.05) is 20.8 Å². The fraction of sp³-hybridized carbons (Fsp3) is 0.529. The molecule has 0 aliphatic heterocycles. The summed E-state index contributed by atoms with van der Waals surface area (Å²) in [6.45, 7) is 6.49. The van der Waals surface area contributed by atoms with Crippen LogP contribution >= 0.6 is 0 Å². The molecule has 0 amide bonds. The van der Waals surface area contributed by atoms with Gasteiger partial charge in [0.1, 0.15) is 0 Å². The molecule has 0 saturated carbocycles. The van der Waals surface area contributed by atoms with Gasteiger partial charge in [-0.2, -0.15) is 4.98 Å². The highest BCUT2D eigenvalue weighted by atomic mass is 16.6. The molecule has 0 radical (unpaired) electrons. The molecule has 0 bridgehead atoms. The summed E-state index contributed by atoms with van der Waals surface area (Å²) in [5, 5.41) is 28.0.